The van der Waals surface area contributed by atoms with Crippen molar-refractivity contribution in [3.8, 4) is 11.3 Å². The Morgan fingerprint density at radius 1 is 1.03 bits per heavy atom. The van der Waals surface area contributed by atoms with Gasteiger partial charge >= 0.3 is 5.97 Å². The number of carboxylic acids is 1. The van der Waals surface area contributed by atoms with Crippen molar-refractivity contribution in [1.82, 2.24) is 15.1 Å². The molecule has 0 amide bonds. The smallest absolute Gasteiger partial charge is 0.354 e. The zero-order valence-corrected chi connectivity index (χ0v) is 21.4. The Morgan fingerprint density at radius 2 is 1.78 bits per heavy atom. The van der Waals surface area contributed by atoms with Crippen LogP contribution < -0.4 is 4.90 Å². The molecule has 7 nitrogen and oxygen atoms in total. The van der Waals surface area contributed by atoms with E-state index < -0.39 is 5.97 Å². The van der Waals surface area contributed by atoms with Crippen molar-refractivity contribution in [3.05, 3.63) is 76.0 Å². The van der Waals surface area contributed by atoms with Gasteiger partial charge < -0.3 is 14.5 Å². The molecule has 6 rings (SSSR count). The predicted molar refractivity (Wildman–Crippen MR) is 144 cm³/mol. The van der Waals surface area contributed by atoms with Crippen LogP contribution in [0, 0.1) is 5.92 Å². The van der Waals surface area contributed by atoms with E-state index in [9.17, 15) is 9.90 Å². The molecular formula is C28H24Cl2N4O3. The number of nitrogens with zero attached hydrogens (tertiary/aromatic N) is 4. The van der Waals surface area contributed by atoms with Crippen molar-refractivity contribution in [2.24, 2.45) is 5.92 Å². The van der Waals surface area contributed by atoms with Crippen LogP contribution in [0.3, 0.4) is 0 Å². The highest BCUT2D eigenvalue weighted by molar-refractivity contribution is 6.39. The molecular weight excluding hydrogens is 511 g/mol. The van der Waals surface area contributed by atoms with E-state index in [1.54, 1.807) is 24.7 Å². The van der Waals surface area contributed by atoms with Gasteiger partial charge in [0.15, 0.2) is 0 Å². The molecule has 1 aliphatic heterocycles. The zero-order chi connectivity index (χ0) is 25.5. The van der Waals surface area contributed by atoms with Crippen LogP contribution in [-0.2, 0) is 0 Å². The molecule has 1 aliphatic carbocycles. The van der Waals surface area contributed by atoms with Gasteiger partial charge in [-0.25, -0.2) is 9.78 Å². The largest absolute Gasteiger partial charge is 0.477 e. The fraction of sp³-hybridized carbons (Fsp3) is 0.286. The molecule has 2 aliphatic rings. The summed E-state index contributed by atoms with van der Waals surface area (Å²) in [5.74, 6) is 0.713. The number of benzene rings is 1. The zero-order valence-electron chi connectivity index (χ0n) is 19.9. The van der Waals surface area contributed by atoms with E-state index in [0.29, 0.717) is 33.1 Å². The lowest BCUT2D eigenvalue weighted by Gasteiger charge is -2.32. The fourth-order valence-electron chi connectivity index (χ4n) is 4.95. The highest BCUT2D eigenvalue weighted by Crippen LogP contribution is 2.46. The molecule has 1 saturated carbocycles. The normalized spacial score (nSPS) is 16.6. The minimum absolute atomic E-state index is 0.0575. The molecule has 0 spiro atoms. The highest BCUT2D eigenvalue weighted by Gasteiger charge is 2.33. The Balaban J connectivity index is 1.18. The fourth-order valence-corrected chi connectivity index (χ4v) is 5.50. The van der Waals surface area contributed by atoms with Gasteiger partial charge in [0.05, 0.1) is 10.0 Å². The number of hydrogen-bond acceptors (Lipinski definition) is 6. The first-order valence-corrected chi connectivity index (χ1v) is 13.1. The van der Waals surface area contributed by atoms with Crippen molar-refractivity contribution in [3.63, 3.8) is 0 Å². The quantitative estimate of drug-likeness (QED) is 0.282. The van der Waals surface area contributed by atoms with Crippen LogP contribution in [0.15, 0.2) is 53.5 Å². The van der Waals surface area contributed by atoms with Gasteiger partial charge in [-0.1, -0.05) is 46.6 Å². The molecule has 0 unspecified atom stereocenters. The van der Waals surface area contributed by atoms with E-state index in [1.165, 1.54) is 0 Å². The second-order valence-corrected chi connectivity index (χ2v) is 10.5. The summed E-state index contributed by atoms with van der Waals surface area (Å²) in [7, 11) is 0. The van der Waals surface area contributed by atoms with E-state index in [-0.39, 0.29) is 5.69 Å². The number of rotatable bonds is 6. The molecule has 0 bridgehead atoms. The molecule has 2 fully saturated rings. The van der Waals surface area contributed by atoms with E-state index in [0.717, 1.165) is 66.6 Å². The number of fused-ring (bicyclic) bond motifs is 1. The van der Waals surface area contributed by atoms with Crippen molar-refractivity contribution in [2.45, 2.75) is 31.6 Å². The predicted octanol–water partition coefficient (Wildman–Crippen LogP) is 7.10. The molecule has 0 radical (unpaired) electrons. The first-order valence-electron chi connectivity index (χ1n) is 12.3. The van der Waals surface area contributed by atoms with Gasteiger partial charge in [0.2, 0.25) is 0 Å². The number of allylic oxidation sites excluding steroid dienone is 1. The first kappa shape index (κ1) is 23.9. The molecule has 9 heteroatoms. The summed E-state index contributed by atoms with van der Waals surface area (Å²) in [5, 5.41) is 16.3. The summed E-state index contributed by atoms with van der Waals surface area (Å²) in [6.45, 7) is 1.85. The summed E-state index contributed by atoms with van der Waals surface area (Å²) < 4.78 is 5.77. The van der Waals surface area contributed by atoms with Crippen LogP contribution in [0.25, 0.3) is 28.1 Å². The molecule has 188 valence electrons. The van der Waals surface area contributed by atoms with Crippen LogP contribution in [-0.4, -0.2) is 39.3 Å². The Bertz CT molecular complexity index is 1500. The Labute approximate surface area is 223 Å². The average Bonchev–Trinajstić information content (AvgIpc) is 3.67. The third-order valence-electron chi connectivity index (χ3n) is 7.16. The van der Waals surface area contributed by atoms with Gasteiger partial charge in [-0.15, -0.1) is 0 Å². The van der Waals surface area contributed by atoms with Gasteiger partial charge in [0.1, 0.15) is 17.1 Å². The first-order chi connectivity index (χ1) is 18.0. The lowest BCUT2D eigenvalue weighted by Crippen LogP contribution is -2.33. The minimum atomic E-state index is -1.02. The lowest BCUT2D eigenvalue weighted by atomic mass is 9.94. The third-order valence-corrected chi connectivity index (χ3v) is 7.73. The molecule has 1 N–H and O–H groups in total. The van der Waals surface area contributed by atoms with E-state index in [4.69, 9.17) is 27.7 Å². The van der Waals surface area contributed by atoms with E-state index in [1.807, 2.05) is 6.07 Å². The number of pyridine rings is 2. The molecule has 1 aromatic carbocycles. The minimum Gasteiger partial charge on any atom is -0.477 e. The number of piperidine rings is 1. The number of carbonyl (C=O) groups is 1. The second kappa shape index (κ2) is 9.80. The molecule has 0 atom stereocenters. The Hall–Kier alpha value is -3.42. The number of halogens is 2. The number of aromatic nitrogens is 3. The summed E-state index contributed by atoms with van der Waals surface area (Å²) in [4.78, 5) is 21.7. The molecule has 4 aromatic rings. The maximum Gasteiger partial charge on any atom is 0.354 e. The molecule has 4 heterocycles. The maximum absolute atomic E-state index is 11.2. The van der Waals surface area contributed by atoms with Gasteiger partial charge in [0, 0.05) is 59.8 Å². The van der Waals surface area contributed by atoms with Crippen molar-refractivity contribution >= 4 is 51.7 Å². The SMILES string of the molecule is O=C(O)c1cc2ccc(N3CCC(C=Cc4c(-c5c(Cl)cncc5Cl)noc4C4CC4)CC3)cc2cn1. The van der Waals surface area contributed by atoms with Gasteiger partial charge in [-0.2, -0.15) is 0 Å². The second-order valence-electron chi connectivity index (χ2n) is 9.65. The number of anilines is 1. The Morgan fingerprint density at radius 3 is 2.49 bits per heavy atom. The molecule has 3 aromatic heterocycles. The topological polar surface area (TPSA) is 92.3 Å². The average molecular weight is 535 g/mol. The van der Waals surface area contributed by atoms with Crippen LogP contribution >= 0.6 is 23.2 Å². The van der Waals surface area contributed by atoms with Crippen LogP contribution in [0.4, 0.5) is 5.69 Å². The molecule has 1 saturated heterocycles. The highest BCUT2D eigenvalue weighted by atomic mass is 35.5. The van der Waals surface area contributed by atoms with Crippen LogP contribution in [0.5, 0.6) is 0 Å². The summed E-state index contributed by atoms with van der Waals surface area (Å²) >= 11 is 12.9. The standard InChI is InChI=1S/C28H24Cl2N4O3/c29-22-14-31-15-23(30)25(22)26-21(27(37-33-26)17-2-3-17)6-1-16-7-9-34(10-8-16)20-5-4-18-12-24(28(35)36)32-13-19(18)11-20/h1,4-6,11-17H,2-3,7-10H2,(H,35,36). The number of hydrogen-bond donors (Lipinski definition) is 1. The van der Waals surface area contributed by atoms with E-state index in [2.05, 4.69) is 44.3 Å². The van der Waals surface area contributed by atoms with Gasteiger partial charge in [-0.05, 0) is 55.2 Å². The van der Waals surface area contributed by atoms with Crippen molar-refractivity contribution < 1.29 is 14.4 Å². The number of carboxylic acid groups (broad SMARTS) is 1. The third kappa shape index (κ3) is 4.81. The number of aromatic carboxylic acids is 1. The maximum atomic E-state index is 11.2. The van der Waals surface area contributed by atoms with Crippen LogP contribution in [0.2, 0.25) is 10.0 Å². The Kier molecular flexibility index (Phi) is 6.34. The van der Waals surface area contributed by atoms with Crippen molar-refractivity contribution in [1.29, 1.82) is 0 Å². The van der Waals surface area contributed by atoms with E-state index >= 15 is 0 Å². The summed E-state index contributed by atoms with van der Waals surface area (Å²) in [6, 6.07) is 7.71. The lowest BCUT2D eigenvalue weighted by molar-refractivity contribution is 0.0690. The van der Waals surface area contributed by atoms with Gasteiger partial charge in [0.25, 0.3) is 0 Å². The summed E-state index contributed by atoms with van der Waals surface area (Å²) in [6.07, 6.45) is 13.4. The van der Waals surface area contributed by atoms with Gasteiger partial charge in [-0.3, -0.25) is 4.98 Å². The van der Waals surface area contributed by atoms with Crippen LogP contribution in [0.1, 0.15) is 53.4 Å². The molecule has 37 heavy (non-hydrogen) atoms. The van der Waals surface area contributed by atoms with Crippen molar-refractivity contribution in [2.75, 3.05) is 18.0 Å². The summed E-state index contributed by atoms with van der Waals surface area (Å²) in [5.41, 5.74) is 3.47. The monoisotopic (exact) mass is 534 g/mol.